The molecule has 15 heteroatoms. The Morgan fingerprint density at radius 2 is 1.58 bits per heavy atom. The fourth-order valence-corrected chi connectivity index (χ4v) is 4.39. The van der Waals surface area contributed by atoms with E-state index in [9.17, 15) is 34.8 Å². The molecule has 4 rings (SSSR count). The third kappa shape index (κ3) is 3.69. The highest BCUT2D eigenvalue weighted by Crippen LogP contribution is 2.35. The van der Waals surface area contributed by atoms with Gasteiger partial charge in [-0.3, -0.25) is 0 Å². The first kappa shape index (κ1) is 22.9. The molecule has 0 aliphatic heterocycles. The molecule has 0 atom stereocenters. The fraction of sp³-hybridized carbons (Fsp3) is 0.333. The minimum Gasteiger partial charge on any atom is -0.324 e. The highest BCUT2D eigenvalue weighted by atomic mass is 32.2. The molecule has 4 aromatic rings. The van der Waals surface area contributed by atoms with E-state index >= 15 is 0 Å². The van der Waals surface area contributed by atoms with Crippen LogP contribution in [0.5, 0.6) is 0 Å². The van der Waals surface area contributed by atoms with Crippen molar-refractivity contribution in [2.45, 2.75) is 24.2 Å². The second-order valence-corrected chi connectivity index (χ2v) is 9.37. The summed E-state index contributed by atoms with van der Waals surface area (Å²) < 4.78 is 106. The predicted molar refractivity (Wildman–Crippen MR) is 104 cm³/mol. The highest BCUT2D eigenvalue weighted by molar-refractivity contribution is 7.91. The van der Waals surface area contributed by atoms with Gasteiger partial charge in [-0.05, 0) is 12.1 Å². The number of fused-ring (bicyclic) bond motifs is 2. The van der Waals surface area contributed by atoms with E-state index in [1.165, 1.54) is 18.5 Å². The summed E-state index contributed by atoms with van der Waals surface area (Å²) in [5, 5.41) is 0. The van der Waals surface area contributed by atoms with Crippen molar-refractivity contribution in [3.05, 3.63) is 29.8 Å². The largest absolute Gasteiger partial charge is 0.449 e. The molecular weight excluding hydrogens is 478 g/mol. The van der Waals surface area contributed by atoms with Crippen molar-refractivity contribution in [1.82, 2.24) is 29.1 Å². The summed E-state index contributed by atoms with van der Waals surface area (Å²) in [4.78, 5) is 14.6. The van der Waals surface area contributed by atoms with Gasteiger partial charge in [-0.2, -0.15) is 26.3 Å². The van der Waals surface area contributed by atoms with Crippen LogP contribution in [0, 0.1) is 0 Å². The van der Waals surface area contributed by atoms with Gasteiger partial charge in [0.25, 0.3) is 0 Å². The number of imidazole rings is 2. The number of halogens is 6. The Hall–Kier alpha value is -3.23. The van der Waals surface area contributed by atoms with E-state index in [-0.39, 0.29) is 28.1 Å². The van der Waals surface area contributed by atoms with Crippen LogP contribution in [0.2, 0.25) is 0 Å². The molecule has 0 spiro atoms. The number of sulfone groups is 1. The second-order valence-electron chi connectivity index (χ2n) is 7.12. The maximum absolute atomic E-state index is 13.3. The molecule has 0 N–H and O–H groups in total. The molecule has 0 aliphatic rings. The van der Waals surface area contributed by atoms with Crippen LogP contribution in [0.4, 0.5) is 26.3 Å². The summed E-state index contributed by atoms with van der Waals surface area (Å²) in [6.07, 6.45) is -8.64. The van der Waals surface area contributed by atoms with Crippen molar-refractivity contribution in [2.24, 2.45) is 14.1 Å². The van der Waals surface area contributed by atoms with E-state index in [4.69, 9.17) is 0 Å². The molecule has 4 aromatic heterocycles. The van der Waals surface area contributed by atoms with Crippen molar-refractivity contribution in [3.63, 3.8) is 0 Å². The average molecular weight is 492 g/mol. The smallest absolute Gasteiger partial charge is 0.324 e. The summed E-state index contributed by atoms with van der Waals surface area (Å²) in [5.41, 5.74) is -2.12. The van der Waals surface area contributed by atoms with Crippen LogP contribution >= 0.6 is 0 Å². The number of rotatable bonds is 3. The topological polar surface area (TPSA) is 95.6 Å². The van der Waals surface area contributed by atoms with Gasteiger partial charge in [-0.25, -0.2) is 28.4 Å². The first-order valence-electron chi connectivity index (χ1n) is 9.22. The van der Waals surface area contributed by atoms with Gasteiger partial charge in [0.15, 0.2) is 21.3 Å². The highest BCUT2D eigenvalue weighted by Gasteiger charge is 2.38. The number of pyridine rings is 2. The fourth-order valence-electron chi connectivity index (χ4n) is 3.36. The van der Waals surface area contributed by atoms with Crippen molar-refractivity contribution in [2.75, 3.05) is 5.75 Å². The maximum Gasteiger partial charge on any atom is 0.449 e. The number of alkyl halides is 6. The molecule has 0 bridgehead atoms. The van der Waals surface area contributed by atoms with Gasteiger partial charge in [0.05, 0.1) is 33.4 Å². The minimum atomic E-state index is -4.82. The Morgan fingerprint density at radius 1 is 0.909 bits per heavy atom. The molecule has 0 unspecified atom stereocenters. The third-order valence-electron chi connectivity index (χ3n) is 5.08. The van der Waals surface area contributed by atoms with Crippen molar-refractivity contribution in [3.8, 4) is 11.5 Å². The molecule has 0 saturated carbocycles. The van der Waals surface area contributed by atoms with Crippen LogP contribution in [0.1, 0.15) is 18.4 Å². The van der Waals surface area contributed by atoms with Gasteiger partial charge >= 0.3 is 12.4 Å². The third-order valence-corrected chi connectivity index (χ3v) is 6.82. The number of hydrogen-bond donors (Lipinski definition) is 0. The zero-order valence-electron chi connectivity index (χ0n) is 17.1. The van der Waals surface area contributed by atoms with Crippen LogP contribution in [-0.2, 0) is 36.3 Å². The standard InChI is InChI=1S/C18H14F6N6O2S/c1-4-33(31,32)11-6-9-14(28-16(30(9)3)18(22,23)24)27-13(11)15-26-8-5-12(17(19,20)21)25-7-10(8)29(15)2/h5-7H,4H2,1-3H3. The maximum atomic E-state index is 13.3. The lowest BCUT2D eigenvalue weighted by Crippen LogP contribution is -2.12. The number of nitrogens with zero attached hydrogens (tertiary/aromatic N) is 6. The van der Waals surface area contributed by atoms with E-state index < -0.39 is 50.0 Å². The Balaban J connectivity index is 2.06. The Morgan fingerprint density at radius 3 is 2.15 bits per heavy atom. The van der Waals surface area contributed by atoms with Crippen molar-refractivity contribution >= 4 is 32.0 Å². The van der Waals surface area contributed by atoms with Gasteiger partial charge in [0.2, 0.25) is 5.82 Å². The second kappa shape index (κ2) is 7.13. The summed E-state index contributed by atoms with van der Waals surface area (Å²) in [7, 11) is -1.56. The molecule has 0 fully saturated rings. The normalized spacial score (nSPS) is 13.4. The molecular formula is C18H14F6N6O2S. The van der Waals surface area contributed by atoms with E-state index in [1.807, 2.05) is 0 Å². The van der Waals surface area contributed by atoms with Crippen LogP contribution < -0.4 is 0 Å². The average Bonchev–Trinajstić information content (AvgIpc) is 3.23. The Kier molecular flexibility index (Phi) is 4.96. The quantitative estimate of drug-likeness (QED) is 0.405. The molecule has 0 radical (unpaired) electrons. The molecule has 33 heavy (non-hydrogen) atoms. The predicted octanol–water partition coefficient (Wildman–Crippen LogP) is 3.75. The molecule has 0 saturated heterocycles. The van der Waals surface area contributed by atoms with Crippen molar-refractivity contribution in [1.29, 1.82) is 0 Å². The van der Waals surface area contributed by atoms with Crippen LogP contribution in [0.25, 0.3) is 33.7 Å². The van der Waals surface area contributed by atoms with Crippen LogP contribution in [0.15, 0.2) is 23.2 Å². The van der Waals surface area contributed by atoms with E-state index in [0.717, 1.165) is 19.3 Å². The molecule has 0 amide bonds. The van der Waals surface area contributed by atoms with E-state index in [2.05, 4.69) is 19.9 Å². The first-order valence-corrected chi connectivity index (χ1v) is 10.9. The van der Waals surface area contributed by atoms with Gasteiger partial charge in [-0.1, -0.05) is 6.92 Å². The SMILES string of the molecule is CCS(=O)(=O)c1cc2c(nc1-c1nc3cc(C(F)(F)F)ncc3n1C)nc(C(F)(F)F)n2C. The van der Waals surface area contributed by atoms with E-state index in [0.29, 0.717) is 10.6 Å². The molecule has 0 aromatic carbocycles. The van der Waals surface area contributed by atoms with Gasteiger partial charge < -0.3 is 9.13 Å². The summed E-state index contributed by atoms with van der Waals surface area (Å²) in [6, 6.07) is 1.70. The van der Waals surface area contributed by atoms with E-state index in [1.54, 1.807) is 0 Å². The molecule has 4 heterocycles. The zero-order valence-corrected chi connectivity index (χ0v) is 17.9. The van der Waals surface area contributed by atoms with Crippen LogP contribution in [-0.4, -0.2) is 43.2 Å². The molecule has 0 aliphatic carbocycles. The summed E-state index contributed by atoms with van der Waals surface area (Å²) in [5.74, 6) is -1.86. The lowest BCUT2D eigenvalue weighted by Gasteiger charge is -2.10. The van der Waals surface area contributed by atoms with Gasteiger partial charge in [0, 0.05) is 14.1 Å². The summed E-state index contributed by atoms with van der Waals surface area (Å²) >= 11 is 0. The number of hydrogen-bond acceptors (Lipinski definition) is 6. The van der Waals surface area contributed by atoms with Gasteiger partial charge in [0.1, 0.15) is 11.4 Å². The molecule has 8 nitrogen and oxygen atoms in total. The lowest BCUT2D eigenvalue weighted by atomic mass is 10.3. The summed E-state index contributed by atoms with van der Waals surface area (Å²) in [6.45, 7) is 1.34. The first-order chi connectivity index (χ1) is 15.1. The number of aryl methyl sites for hydroxylation is 2. The lowest BCUT2D eigenvalue weighted by molar-refractivity contribution is -0.146. The Labute approximate surface area is 181 Å². The number of aromatic nitrogens is 6. The monoisotopic (exact) mass is 492 g/mol. The Bertz CT molecular complexity index is 1520. The van der Waals surface area contributed by atoms with Crippen molar-refractivity contribution < 1.29 is 34.8 Å². The van der Waals surface area contributed by atoms with Crippen LogP contribution in [0.3, 0.4) is 0 Å². The molecule has 176 valence electrons. The minimum absolute atomic E-state index is 0.136. The van der Waals surface area contributed by atoms with Gasteiger partial charge in [-0.15, -0.1) is 0 Å². The zero-order chi connectivity index (χ0) is 24.5.